The molecular formula is C12H11F3N2O3. The molecule has 0 saturated carbocycles. The fraction of sp³-hybridized carbons (Fsp3) is 0.333. The number of ether oxygens (including phenoxy) is 2. The Kier molecular flexibility index (Phi) is 5.20. The van der Waals surface area contributed by atoms with Crippen LogP contribution in [0.4, 0.5) is 13.2 Å². The van der Waals surface area contributed by atoms with Gasteiger partial charge in [0, 0.05) is 6.07 Å². The normalized spacial score (nSPS) is 10.6. The fourth-order valence-corrected chi connectivity index (χ4v) is 1.25. The lowest BCUT2D eigenvalue weighted by atomic mass is 10.2. The second-order valence-electron chi connectivity index (χ2n) is 3.66. The van der Waals surface area contributed by atoms with Gasteiger partial charge >= 0.3 is 6.18 Å². The van der Waals surface area contributed by atoms with Gasteiger partial charge < -0.3 is 14.8 Å². The van der Waals surface area contributed by atoms with Crippen molar-refractivity contribution in [3.8, 4) is 17.6 Å². The van der Waals surface area contributed by atoms with Gasteiger partial charge in [-0.25, -0.2) is 0 Å². The van der Waals surface area contributed by atoms with Crippen molar-refractivity contribution in [2.75, 3.05) is 20.3 Å². The number of alkyl halides is 3. The van der Waals surface area contributed by atoms with Crippen molar-refractivity contribution in [3.63, 3.8) is 0 Å². The zero-order chi connectivity index (χ0) is 15.2. The minimum absolute atomic E-state index is 0.161. The first kappa shape index (κ1) is 15.6. The highest BCUT2D eigenvalue weighted by atomic mass is 19.4. The van der Waals surface area contributed by atoms with Crippen molar-refractivity contribution >= 4 is 5.91 Å². The van der Waals surface area contributed by atoms with Gasteiger partial charge in [-0.3, -0.25) is 4.79 Å². The van der Waals surface area contributed by atoms with Crippen molar-refractivity contribution in [3.05, 3.63) is 23.8 Å². The molecule has 1 amide bonds. The number of benzene rings is 1. The fourth-order valence-electron chi connectivity index (χ4n) is 1.25. The number of nitriles is 1. The Morgan fingerprint density at radius 1 is 1.40 bits per heavy atom. The largest absolute Gasteiger partial charge is 0.493 e. The van der Waals surface area contributed by atoms with Gasteiger partial charge in [-0.05, 0) is 12.1 Å². The molecule has 108 valence electrons. The molecule has 0 saturated heterocycles. The van der Waals surface area contributed by atoms with Gasteiger partial charge in [0.2, 0.25) is 0 Å². The SMILES string of the molecule is COc1cc(C#N)ccc1OCC(=O)NCC(F)(F)F. The molecule has 20 heavy (non-hydrogen) atoms. The maximum Gasteiger partial charge on any atom is 0.405 e. The maximum absolute atomic E-state index is 11.9. The third-order valence-electron chi connectivity index (χ3n) is 2.14. The Morgan fingerprint density at radius 2 is 2.10 bits per heavy atom. The Balaban J connectivity index is 2.57. The molecule has 0 aromatic heterocycles. The molecule has 5 nitrogen and oxygen atoms in total. The van der Waals surface area contributed by atoms with Gasteiger partial charge in [-0.1, -0.05) is 0 Å². The van der Waals surface area contributed by atoms with E-state index in [1.807, 2.05) is 6.07 Å². The minimum Gasteiger partial charge on any atom is -0.493 e. The summed E-state index contributed by atoms with van der Waals surface area (Å²) in [6.07, 6.45) is -4.47. The number of methoxy groups -OCH3 is 1. The number of nitrogens with one attached hydrogen (secondary N) is 1. The van der Waals surface area contributed by atoms with Crippen molar-refractivity contribution in [1.82, 2.24) is 5.32 Å². The van der Waals surface area contributed by atoms with Gasteiger partial charge in [0.25, 0.3) is 5.91 Å². The summed E-state index contributed by atoms with van der Waals surface area (Å²) in [5, 5.41) is 10.4. The first-order chi connectivity index (χ1) is 9.35. The van der Waals surface area contributed by atoms with Crippen LogP contribution in [0.5, 0.6) is 11.5 Å². The highest BCUT2D eigenvalue weighted by molar-refractivity contribution is 5.77. The van der Waals surface area contributed by atoms with E-state index < -0.39 is 25.2 Å². The van der Waals surface area contributed by atoms with Gasteiger partial charge in [-0.15, -0.1) is 0 Å². The third-order valence-corrected chi connectivity index (χ3v) is 2.14. The van der Waals surface area contributed by atoms with Crippen LogP contribution in [-0.4, -0.2) is 32.3 Å². The van der Waals surface area contributed by atoms with Crippen LogP contribution in [0.15, 0.2) is 18.2 Å². The number of rotatable bonds is 5. The van der Waals surface area contributed by atoms with Crippen LogP contribution < -0.4 is 14.8 Å². The van der Waals surface area contributed by atoms with E-state index in [4.69, 9.17) is 14.7 Å². The monoisotopic (exact) mass is 288 g/mol. The molecule has 0 aliphatic rings. The smallest absolute Gasteiger partial charge is 0.405 e. The van der Waals surface area contributed by atoms with E-state index in [-0.39, 0.29) is 11.5 Å². The number of carbonyl (C=O) groups excluding carboxylic acids is 1. The summed E-state index contributed by atoms with van der Waals surface area (Å²) >= 11 is 0. The summed E-state index contributed by atoms with van der Waals surface area (Å²) in [7, 11) is 1.34. The zero-order valence-corrected chi connectivity index (χ0v) is 10.5. The molecule has 0 fully saturated rings. The number of halogens is 3. The highest BCUT2D eigenvalue weighted by Crippen LogP contribution is 2.27. The summed E-state index contributed by atoms with van der Waals surface area (Å²) in [5.74, 6) is -0.532. The zero-order valence-electron chi connectivity index (χ0n) is 10.5. The molecule has 0 heterocycles. The average Bonchev–Trinajstić information content (AvgIpc) is 2.41. The first-order valence-corrected chi connectivity index (χ1v) is 5.40. The standard InChI is InChI=1S/C12H11F3N2O3/c1-19-10-4-8(5-16)2-3-9(10)20-6-11(18)17-7-12(13,14)15/h2-4H,6-7H2,1H3,(H,17,18). The van der Waals surface area contributed by atoms with E-state index in [1.165, 1.54) is 25.3 Å². The van der Waals surface area contributed by atoms with E-state index in [0.29, 0.717) is 5.56 Å². The lowest BCUT2D eigenvalue weighted by molar-refractivity contribution is -0.139. The van der Waals surface area contributed by atoms with Crippen molar-refractivity contribution in [2.24, 2.45) is 0 Å². The summed E-state index contributed by atoms with van der Waals surface area (Å²) < 4.78 is 45.6. The van der Waals surface area contributed by atoms with Crippen molar-refractivity contribution in [1.29, 1.82) is 5.26 Å². The van der Waals surface area contributed by atoms with E-state index in [1.54, 1.807) is 5.32 Å². The number of amides is 1. The molecule has 8 heteroatoms. The second-order valence-corrected chi connectivity index (χ2v) is 3.66. The summed E-state index contributed by atoms with van der Waals surface area (Å²) in [5.41, 5.74) is 0.329. The summed E-state index contributed by atoms with van der Waals surface area (Å²) in [6, 6.07) is 6.12. The highest BCUT2D eigenvalue weighted by Gasteiger charge is 2.27. The van der Waals surface area contributed by atoms with E-state index in [2.05, 4.69) is 0 Å². The molecule has 1 N–H and O–H groups in total. The number of hydrogen-bond donors (Lipinski definition) is 1. The van der Waals surface area contributed by atoms with E-state index >= 15 is 0 Å². The third kappa shape index (κ3) is 5.06. The minimum atomic E-state index is -4.47. The van der Waals surface area contributed by atoms with Crippen LogP contribution in [-0.2, 0) is 4.79 Å². The Hall–Kier alpha value is -2.43. The first-order valence-electron chi connectivity index (χ1n) is 5.40. The van der Waals surface area contributed by atoms with Crippen LogP contribution in [0.25, 0.3) is 0 Å². The topological polar surface area (TPSA) is 71.3 Å². The molecule has 0 bridgehead atoms. The Morgan fingerprint density at radius 3 is 2.65 bits per heavy atom. The molecule has 0 radical (unpaired) electrons. The number of hydrogen-bond acceptors (Lipinski definition) is 4. The molecule has 1 rings (SSSR count). The number of carbonyl (C=O) groups is 1. The number of nitrogens with zero attached hydrogens (tertiary/aromatic N) is 1. The predicted octanol–water partition coefficient (Wildman–Crippen LogP) is 1.62. The van der Waals surface area contributed by atoms with E-state index in [0.717, 1.165) is 0 Å². The van der Waals surface area contributed by atoms with Crippen molar-refractivity contribution in [2.45, 2.75) is 6.18 Å². The van der Waals surface area contributed by atoms with Gasteiger partial charge in [-0.2, -0.15) is 18.4 Å². The quantitative estimate of drug-likeness (QED) is 0.893. The van der Waals surface area contributed by atoms with Crippen LogP contribution in [0, 0.1) is 11.3 Å². The lowest BCUT2D eigenvalue weighted by Gasteiger charge is -2.11. The van der Waals surface area contributed by atoms with Crippen LogP contribution in [0.2, 0.25) is 0 Å². The predicted molar refractivity (Wildman–Crippen MR) is 62.3 cm³/mol. The Labute approximate surface area is 112 Å². The molecular weight excluding hydrogens is 277 g/mol. The van der Waals surface area contributed by atoms with Crippen LogP contribution >= 0.6 is 0 Å². The molecule has 0 spiro atoms. The molecule has 0 atom stereocenters. The van der Waals surface area contributed by atoms with Gasteiger partial charge in [0.15, 0.2) is 18.1 Å². The molecule has 0 aliphatic carbocycles. The van der Waals surface area contributed by atoms with Gasteiger partial charge in [0.1, 0.15) is 6.54 Å². The summed E-state index contributed by atoms with van der Waals surface area (Å²) in [6.45, 7) is -2.00. The molecule has 0 aliphatic heterocycles. The lowest BCUT2D eigenvalue weighted by Crippen LogP contribution is -2.36. The molecule has 0 unspecified atom stereocenters. The van der Waals surface area contributed by atoms with Crippen LogP contribution in [0.3, 0.4) is 0 Å². The van der Waals surface area contributed by atoms with Gasteiger partial charge in [0.05, 0.1) is 18.7 Å². The Bertz CT molecular complexity index is 524. The summed E-state index contributed by atoms with van der Waals surface area (Å²) in [4.78, 5) is 11.2. The van der Waals surface area contributed by atoms with Crippen molar-refractivity contribution < 1.29 is 27.4 Å². The second kappa shape index (κ2) is 6.65. The molecule has 1 aromatic carbocycles. The maximum atomic E-state index is 11.9. The molecule has 1 aromatic rings. The van der Waals surface area contributed by atoms with E-state index in [9.17, 15) is 18.0 Å². The average molecular weight is 288 g/mol. The van der Waals surface area contributed by atoms with Crippen LogP contribution in [0.1, 0.15) is 5.56 Å².